The number of nitrogens with one attached hydrogen (secondary N) is 1. The van der Waals surface area contributed by atoms with Crippen molar-refractivity contribution in [3.05, 3.63) is 0 Å². The lowest BCUT2D eigenvalue weighted by atomic mass is 10.4. The molecule has 0 unspecified atom stereocenters. The third kappa shape index (κ3) is 5.34. The van der Waals surface area contributed by atoms with Gasteiger partial charge in [0.05, 0.1) is 6.54 Å². The van der Waals surface area contributed by atoms with Crippen LogP contribution in [-0.2, 0) is 14.8 Å². The van der Waals surface area contributed by atoms with Crippen LogP contribution in [0.25, 0.3) is 0 Å². The molecule has 0 radical (unpaired) electrons. The van der Waals surface area contributed by atoms with E-state index >= 15 is 0 Å². The number of carbonyl (C=O) groups is 1. The molecule has 0 aromatic heterocycles. The Bertz CT molecular complexity index is 303. The number of sulfonamides is 1. The molecule has 0 spiro atoms. The van der Waals surface area contributed by atoms with Crippen molar-refractivity contribution in [3.63, 3.8) is 0 Å². The van der Waals surface area contributed by atoms with E-state index in [9.17, 15) is 13.2 Å². The minimum atomic E-state index is -3.50. The molecule has 0 aromatic rings. The molecule has 0 saturated carbocycles. The number of amides is 1. The molecule has 0 rings (SSSR count). The molecule has 0 aliphatic carbocycles. The van der Waals surface area contributed by atoms with Crippen LogP contribution in [0.1, 0.15) is 20.8 Å². The summed E-state index contributed by atoms with van der Waals surface area (Å²) in [5.41, 5.74) is 0. The molecule has 90 valence electrons. The predicted octanol–water partition coefficient (Wildman–Crippen LogP) is 0.359. The first-order valence-electron chi connectivity index (χ1n) is 4.66. The molecule has 5 nitrogen and oxygen atoms in total. The second kappa shape index (κ2) is 6.30. The van der Waals surface area contributed by atoms with Crippen LogP contribution in [0.4, 0.5) is 0 Å². The van der Waals surface area contributed by atoms with E-state index in [4.69, 9.17) is 11.6 Å². The molecule has 0 aliphatic heterocycles. The van der Waals surface area contributed by atoms with E-state index in [1.165, 1.54) is 0 Å². The first kappa shape index (κ1) is 14.7. The van der Waals surface area contributed by atoms with Crippen LogP contribution in [0.2, 0.25) is 0 Å². The average molecular weight is 257 g/mol. The monoisotopic (exact) mass is 256 g/mol. The molecule has 0 saturated heterocycles. The van der Waals surface area contributed by atoms with Gasteiger partial charge in [0.25, 0.3) is 0 Å². The van der Waals surface area contributed by atoms with Gasteiger partial charge < -0.3 is 5.32 Å². The van der Waals surface area contributed by atoms with Gasteiger partial charge in [-0.1, -0.05) is 6.92 Å². The van der Waals surface area contributed by atoms with Gasteiger partial charge in [-0.15, -0.1) is 11.6 Å². The Kier molecular flexibility index (Phi) is 6.16. The van der Waals surface area contributed by atoms with Gasteiger partial charge >= 0.3 is 0 Å². The summed E-state index contributed by atoms with van der Waals surface area (Å²) >= 11 is 5.29. The SMILES string of the molecule is CCN(CC(=O)NC(C)C)S(=O)(=O)CCl. The quantitative estimate of drug-likeness (QED) is 0.698. The topological polar surface area (TPSA) is 66.5 Å². The maximum absolute atomic E-state index is 11.4. The smallest absolute Gasteiger partial charge is 0.235 e. The van der Waals surface area contributed by atoms with Crippen LogP contribution in [0.3, 0.4) is 0 Å². The van der Waals surface area contributed by atoms with E-state index in [0.717, 1.165) is 4.31 Å². The number of carbonyl (C=O) groups excluding carboxylic acids is 1. The van der Waals surface area contributed by atoms with Crippen molar-refractivity contribution in [1.82, 2.24) is 9.62 Å². The highest BCUT2D eigenvalue weighted by molar-refractivity contribution is 7.90. The Morgan fingerprint density at radius 3 is 2.33 bits per heavy atom. The zero-order chi connectivity index (χ0) is 12.1. The number of rotatable bonds is 6. The summed E-state index contributed by atoms with van der Waals surface area (Å²) < 4.78 is 23.8. The van der Waals surface area contributed by atoms with Gasteiger partial charge in [-0.2, -0.15) is 4.31 Å². The van der Waals surface area contributed by atoms with E-state index in [1.807, 2.05) is 13.8 Å². The molecule has 1 amide bonds. The Labute approximate surface area is 95.8 Å². The van der Waals surface area contributed by atoms with Gasteiger partial charge in [-0.3, -0.25) is 4.79 Å². The van der Waals surface area contributed by atoms with Crippen molar-refractivity contribution in [2.75, 3.05) is 18.3 Å². The highest BCUT2D eigenvalue weighted by Crippen LogP contribution is 2.02. The molecule has 15 heavy (non-hydrogen) atoms. The van der Waals surface area contributed by atoms with Crippen molar-refractivity contribution < 1.29 is 13.2 Å². The first-order valence-corrected chi connectivity index (χ1v) is 6.81. The number of likely N-dealkylation sites (N-methyl/N-ethyl adjacent to an activating group) is 1. The molecule has 0 aliphatic rings. The van der Waals surface area contributed by atoms with E-state index in [-0.39, 0.29) is 25.0 Å². The molecule has 0 heterocycles. The lowest BCUT2D eigenvalue weighted by Gasteiger charge is -2.19. The number of nitrogens with zero attached hydrogens (tertiary/aromatic N) is 1. The maximum Gasteiger partial charge on any atom is 0.235 e. The predicted molar refractivity (Wildman–Crippen MR) is 60.2 cm³/mol. The van der Waals surface area contributed by atoms with E-state index in [2.05, 4.69) is 5.32 Å². The molecule has 1 N–H and O–H groups in total. The van der Waals surface area contributed by atoms with E-state index in [1.54, 1.807) is 6.92 Å². The lowest BCUT2D eigenvalue weighted by Crippen LogP contribution is -2.42. The van der Waals surface area contributed by atoms with Crippen molar-refractivity contribution in [2.45, 2.75) is 26.8 Å². The fourth-order valence-electron chi connectivity index (χ4n) is 1.00. The summed E-state index contributed by atoms with van der Waals surface area (Å²) in [5, 5.41) is 2.11. The van der Waals surface area contributed by atoms with Crippen LogP contribution < -0.4 is 5.32 Å². The van der Waals surface area contributed by atoms with Crippen LogP contribution in [0.15, 0.2) is 0 Å². The fourth-order valence-corrected chi connectivity index (χ4v) is 2.26. The van der Waals surface area contributed by atoms with Crippen LogP contribution >= 0.6 is 11.6 Å². The third-order valence-electron chi connectivity index (χ3n) is 1.65. The minimum absolute atomic E-state index is 0.00471. The van der Waals surface area contributed by atoms with Crippen LogP contribution in [0.5, 0.6) is 0 Å². The van der Waals surface area contributed by atoms with Gasteiger partial charge in [-0.05, 0) is 13.8 Å². The lowest BCUT2D eigenvalue weighted by molar-refractivity contribution is -0.121. The second-order valence-corrected chi connectivity index (χ2v) is 5.92. The Balaban J connectivity index is 4.41. The number of hydrogen-bond donors (Lipinski definition) is 1. The maximum atomic E-state index is 11.4. The van der Waals surface area contributed by atoms with Gasteiger partial charge in [-0.25, -0.2) is 8.42 Å². The second-order valence-electron chi connectivity index (χ2n) is 3.37. The van der Waals surface area contributed by atoms with Crippen molar-refractivity contribution in [2.24, 2.45) is 0 Å². The molecular weight excluding hydrogens is 240 g/mol. The van der Waals surface area contributed by atoms with Crippen LogP contribution in [0, 0.1) is 0 Å². The van der Waals surface area contributed by atoms with Gasteiger partial charge in [0.1, 0.15) is 5.21 Å². The van der Waals surface area contributed by atoms with Crippen molar-refractivity contribution in [3.8, 4) is 0 Å². The summed E-state index contributed by atoms with van der Waals surface area (Å²) in [6.07, 6.45) is 0. The summed E-state index contributed by atoms with van der Waals surface area (Å²) in [5.74, 6) is -0.319. The molecule has 7 heteroatoms. The molecule has 0 atom stereocenters. The molecule has 0 aromatic carbocycles. The fraction of sp³-hybridized carbons (Fsp3) is 0.875. The largest absolute Gasteiger partial charge is 0.353 e. The minimum Gasteiger partial charge on any atom is -0.353 e. The van der Waals surface area contributed by atoms with E-state index < -0.39 is 15.2 Å². The Hall–Kier alpha value is -0.330. The zero-order valence-electron chi connectivity index (χ0n) is 9.16. The van der Waals surface area contributed by atoms with Crippen LogP contribution in [-0.4, -0.2) is 43.0 Å². The van der Waals surface area contributed by atoms with Gasteiger partial charge in [0.15, 0.2) is 0 Å². The molecule has 0 fully saturated rings. The number of hydrogen-bond acceptors (Lipinski definition) is 3. The highest BCUT2D eigenvalue weighted by atomic mass is 35.5. The average Bonchev–Trinajstić information content (AvgIpc) is 2.12. The third-order valence-corrected chi connectivity index (χ3v) is 3.93. The Morgan fingerprint density at radius 2 is 2.00 bits per heavy atom. The van der Waals surface area contributed by atoms with Gasteiger partial charge in [0, 0.05) is 12.6 Å². The summed E-state index contributed by atoms with van der Waals surface area (Å²) in [6.45, 7) is 5.34. The Morgan fingerprint density at radius 1 is 1.47 bits per heavy atom. The summed E-state index contributed by atoms with van der Waals surface area (Å²) in [4.78, 5) is 11.3. The first-order chi connectivity index (χ1) is 6.83. The normalized spacial score (nSPS) is 12.1. The highest BCUT2D eigenvalue weighted by Gasteiger charge is 2.21. The van der Waals surface area contributed by atoms with Crippen molar-refractivity contribution >= 4 is 27.5 Å². The number of alkyl halides is 1. The van der Waals surface area contributed by atoms with E-state index in [0.29, 0.717) is 0 Å². The summed E-state index contributed by atoms with van der Waals surface area (Å²) in [7, 11) is -3.50. The standard InChI is InChI=1S/C8H17ClN2O3S/c1-4-11(15(13,14)6-9)5-8(12)10-7(2)3/h7H,4-6H2,1-3H3,(H,10,12). The molecule has 0 bridgehead atoms. The van der Waals surface area contributed by atoms with Crippen molar-refractivity contribution in [1.29, 1.82) is 0 Å². The van der Waals surface area contributed by atoms with Gasteiger partial charge in [0.2, 0.25) is 15.9 Å². The summed E-state index contributed by atoms with van der Waals surface area (Å²) in [6, 6.07) is -0.00471. The zero-order valence-corrected chi connectivity index (χ0v) is 10.7. The molecular formula is C8H17ClN2O3S. The number of halogens is 1.